The average molecular weight is 263 g/mol. The van der Waals surface area contributed by atoms with Crippen LogP contribution in [0.2, 0.25) is 0 Å². The lowest BCUT2D eigenvalue weighted by Gasteiger charge is -2.43. The van der Waals surface area contributed by atoms with Crippen LogP contribution in [0.5, 0.6) is 0 Å². The van der Waals surface area contributed by atoms with Crippen molar-refractivity contribution in [1.82, 2.24) is 0 Å². The number of rotatable bonds is 2. The Morgan fingerprint density at radius 2 is 2.16 bits per heavy atom. The van der Waals surface area contributed by atoms with E-state index in [-0.39, 0.29) is 17.5 Å². The molecule has 1 aliphatic rings. The summed E-state index contributed by atoms with van der Waals surface area (Å²) in [5.74, 6) is 0.132. The molecule has 1 unspecified atom stereocenters. The molecule has 0 aromatic heterocycles. The van der Waals surface area contributed by atoms with Crippen LogP contribution in [-0.4, -0.2) is 35.8 Å². The number of nitrogens with zero attached hydrogens (tertiary/aromatic N) is 2. The van der Waals surface area contributed by atoms with Gasteiger partial charge in [-0.3, -0.25) is 0 Å². The van der Waals surface area contributed by atoms with Gasteiger partial charge in [-0.1, -0.05) is 17.3 Å². The summed E-state index contributed by atoms with van der Waals surface area (Å²) in [5, 5.41) is 12.0. The molecule has 0 radical (unpaired) electrons. The summed E-state index contributed by atoms with van der Waals surface area (Å²) in [7, 11) is 0. The van der Waals surface area contributed by atoms with Gasteiger partial charge >= 0.3 is 0 Å². The van der Waals surface area contributed by atoms with Crippen LogP contribution in [0.4, 0.5) is 5.69 Å². The molecule has 1 saturated heterocycles. The Bertz CT molecular complexity index is 485. The molecule has 5 heteroatoms. The number of oxime groups is 1. The highest BCUT2D eigenvalue weighted by Gasteiger charge is 2.32. The molecule has 1 aliphatic heterocycles. The van der Waals surface area contributed by atoms with Crippen molar-refractivity contribution in [1.29, 1.82) is 0 Å². The Balaban J connectivity index is 2.36. The number of ether oxygens (including phenoxy) is 1. The van der Waals surface area contributed by atoms with Gasteiger partial charge in [-0.05, 0) is 32.9 Å². The molecule has 0 spiro atoms. The van der Waals surface area contributed by atoms with Crippen molar-refractivity contribution in [3.8, 4) is 0 Å². The van der Waals surface area contributed by atoms with Crippen molar-refractivity contribution in [3.05, 3.63) is 29.8 Å². The fourth-order valence-electron chi connectivity index (χ4n) is 2.66. The monoisotopic (exact) mass is 263 g/mol. The third-order valence-corrected chi connectivity index (χ3v) is 3.20. The molecule has 0 aliphatic carbocycles. The number of anilines is 1. The average Bonchev–Trinajstić information content (AvgIpc) is 2.35. The fraction of sp³-hybridized carbons (Fsp3) is 0.500. The van der Waals surface area contributed by atoms with E-state index in [2.05, 4.69) is 30.8 Å². The van der Waals surface area contributed by atoms with Crippen LogP contribution in [0.3, 0.4) is 0 Å². The van der Waals surface area contributed by atoms with Gasteiger partial charge in [0.25, 0.3) is 0 Å². The number of para-hydroxylation sites is 1. The molecule has 1 atom stereocenters. The minimum Gasteiger partial charge on any atom is -0.409 e. The zero-order valence-corrected chi connectivity index (χ0v) is 11.6. The van der Waals surface area contributed by atoms with Crippen molar-refractivity contribution < 1.29 is 9.94 Å². The van der Waals surface area contributed by atoms with E-state index in [0.717, 1.165) is 24.3 Å². The minimum atomic E-state index is -0.212. The summed E-state index contributed by atoms with van der Waals surface area (Å²) in [6.45, 7) is 7.76. The van der Waals surface area contributed by atoms with Crippen LogP contribution >= 0.6 is 0 Å². The van der Waals surface area contributed by atoms with E-state index in [1.165, 1.54) is 0 Å². The maximum Gasteiger partial charge on any atom is 0.172 e. The molecule has 1 heterocycles. The Morgan fingerprint density at radius 3 is 2.79 bits per heavy atom. The zero-order chi connectivity index (χ0) is 14.0. The number of hydrogen-bond donors (Lipinski definition) is 2. The van der Waals surface area contributed by atoms with Gasteiger partial charge in [-0.2, -0.15) is 0 Å². The number of hydrogen-bond acceptors (Lipinski definition) is 4. The number of amidine groups is 1. The van der Waals surface area contributed by atoms with Crippen molar-refractivity contribution in [3.63, 3.8) is 0 Å². The van der Waals surface area contributed by atoms with E-state index < -0.39 is 0 Å². The third kappa shape index (κ3) is 2.98. The van der Waals surface area contributed by atoms with E-state index in [4.69, 9.17) is 15.7 Å². The van der Waals surface area contributed by atoms with E-state index >= 15 is 0 Å². The van der Waals surface area contributed by atoms with Crippen LogP contribution in [0.25, 0.3) is 0 Å². The predicted octanol–water partition coefficient (Wildman–Crippen LogP) is 1.78. The second-order valence-corrected chi connectivity index (χ2v) is 5.57. The summed E-state index contributed by atoms with van der Waals surface area (Å²) in [6.07, 6.45) is 0.143. The molecule has 3 N–H and O–H groups in total. The molecule has 104 valence electrons. The number of morpholine rings is 1. The molecule has 0 bridgehead atoms. The van der Waals surface area contributed by atoms with Gasteiger partial charge in [0.2, 0.25) is 0 Å². The SMILES string of the molecule is CC1CN(c2ccccc2C(N)=NO)CC(C)(C)O1. The van der Waals surface area contributed by atoms with E-state index in [1.54, 1.807) is 0 Å². The topological polar surface area (TPSA) is 71.1 Å². The molecule has 0 saturated carbocycles. The Labute approximate surface area is 113 Å². The third-order valence-electron chi connectivity index (χ3n) is 3.20. The normalized spacial score (nSPS) is 23.4. The number of benzene rings is 1. The van der Waals surface area contributed by atoms with E-state index in [0.29, 0.717) is 0 Å². The quantitative estimate of drug-likeness (QED) is 0.369. The Kier molecular flexibility index (Phi) is 3.66. The second kappa shape index (κ2) is 5.09. The maximum absolute atomic E-state index is 8.89. The maximum atomic E-state index is 8.89. The first-order valence-corrected chi connectivity index (χ1v) is 6.42. The lowest BCUT2D eigenvalue weighted by atomic mass is 10.0. The molecule has 1 aromatic carbocycles. The summed E-state index contributed by atoms with van der Waals surface area (Å²) < 4.78 is 5.90. The van der Waals surface area contributed by atoms with Crippen LogP contribution in [0, 0.1) is 0 Å². The summed E-state index contributed by atoms with van der Waals surface area (Å²) in [6, 6.07) is 7.68. The van der Waals surface area contributed by atoms with Crippen molar-refractivity contribution in [2.75, 3.05) is 18.0 Å². The van der Waals surface area contributed by atoms with E-state index in [9.17, 15) is 0 Å². The molecule has 1 aromatic rings. The van der Waals surface area contributed by atoms with Gasteiger partial charge in [0.15, 0.2) is 5.84 Å². The summed E-state index contributed by atoms with van der Waals surface area (Å²) in [4.78, 5) is 2.22. The highest BCUT2D eigenvalue weighted by molar-refractivity contribution is 6.02. The first-order chi connectivity index (χ1) is 8.93. The minimum absolute atomic E-state index is 0.132. The molecule has 1 fully saturated rings. The Morgan fingerprint density at radius 1 is 1.47 bits per heavy atom. The molecule has 19 heavy (non-hydrogen) atoms. The highest BCUT2D eigenvalue weighted by atomic mass is 16.5. The molecule has 2 rings (SSSR count). The second-order valence-electron chi connectivity index (χ2n) is 5.57. The van der Waals surface area contributed by atoms with Crippen molar-refractivity contribution >= 4 is 11.5 Å². The first-order valence-electron chi connectivity index (χ1n) is 6.42. The van der Waals surface area contributed by atoms with Crippen LogP contribution < -0.4 is 10.6 Å². The highest BCUT2D eigenvalue weighted by Crippen LogP contribution is 2.28. The van der Waals surface area contributed by atoms with Gasteiger partial charge in [0, 0.05) is 24.3 Å². The lowest BCUT2D eigenvalue weighted by Crippen LogP contribution is -2.52. The van der Waals surface area contributed by atoms with Gasteiger partial charge in [-0.25, -0.2) is 0 Å². The van der Waals surface area contributed by atoms with Crippen LogP contribution in [0.15, 0.2) is 29.4 Å². The van der Waals surface area contributed by atoms with Crippen molar-refractivity contribution in [2.24, 2.45) is 10.9 Å². The van der Waals surface area contributed by atoms with Crippen LogP contribution in [0.1, 0.15) is 26.3 Å². The van der Waals surface area contributed by atoms with Gasteiger partial charge < -0.3 is 20.6 Å². The molecule has 5 nitrogen and oxygen atoms in total. The fourth-order valence-corrected chi connectivity index (χ4v) is 2.66. The summed E-state index contributed by atoms with van der Waals surface area (Å²) in [5.41, 5.74) is 7.25. The van der Waals surface area contributed by atoms with Crippen LogP contribution in [-0.2, 0) is 4.74 Å². The van der Waals surface area contributed by atoms with Gasteiger partial charge in [0.05, 0.1) is 11.7 Å². The van der Waals surface area contributed by atoms with Crippen molar-refractivity contribution in [2.45, 2.75) is 32.5 Å². The first kappa shape index (κ1) is 13.7. The van der Waals surface area contributed by atoms with Gasteiger partial charge in [-0.15, -0.1) is 0 Å². The van der Waals surface area contributed by atoms with E-state index in [1.807, 2.05) is 24.3 Å². The summed E-state index contributed by atoms with van der Waals surface area (Å²) >= 11 is 0. The smallest absolute Gasteiger partial charge is 0.172 e. The molecule has 0 amide bonds. The van der Waals surface area contributed by atoms with Gasteiger partial charge in [0.1, 0.15) is 0 Å². The lowest BCUT2D eigenvalue weighted by molar-refractivity contribution is -0.0749. The zero-order valence-electron chi connectivity index (χ0n) is 11.6. The number of nitrogens with two attached hydrogens (primary N) is 1. The standard InChI is InChI=1S/C14H21N3O2/c1-10-8-17(9-14(2,3)19-10)12-7-5-4-6-11(12)13(15)16-18/h4-7,10,18H,8-9H2,1-3H3,(H2,15,16). The Hall–Kier alpha value is -1.75. The molecular weight excluding hydrogens is 242 g/mol. The molecular formula is C14H21N3O2. The predicted molar refractivity (Wildman–Crippen MR) is 75.8 cm³/mol. The largest absolute Gasteiger partial charge is 0.409 e.